The van der Waals surface area contributed by atoms with Gasteiger partial charge in [0.05, 0.1) is 12.1 Å². The van der Waals surface area contributed by atoms with E-state index in [0.717, 1.165) is 9.80 Å². The Morgan fingerprint density at radius 1 is 0.957 bits per heavy atom. The minimum atomic E-state index is -0.619. The minimum absolute atomic E-state index is 0.371. The zero-order chi connectivity index (χ0) is 17.3. The largest absolute Gasteiger partial charge is 0.427 e. The highest BCUT2D eigenvalue weighted by Crippen LogP contribution is 2.36. The fraction of sp³-hybridized carbons (Fsp3) is 0.375. The van der Waals surface area contributed by atoms with Gasteiger partial charge in [-0.1, -0.05) is 12.1 Å². The zero-order valence-electron chi connectivity index (χ0n) is 13.4. The van der Waals surface area contributed by atoms with Gasteiger partial charge in [0.15, 0.2) is 0 Å². The number of hydrogen-bond donors (Lipinski definition) is 0. The monoisotopic (exact) mass is 318 g/mol. The van der Waals surface area contributed by atoms with Crippen LogP contribution in [-0.2, 0) is 14.4 Å². The second-order valence-electron chi connectivity index (χ2n) is 5.41. The van der Waals surface area contributed by atoms with Crippen LogP contribution in [0.25, 0.3) is 0 Å². The van der Waals surface area contributed by atoms with Crippen LogP contribution in [0.2, 0.25) is 0 Å². The van der Waals surface area contributed by atoms with Gasteiger partial charge in [-0.15, -0.1) is 0 Å². The summed E-state index contributed by atoms with van der Waals surface area (Å²) < 4.78 is 4.96. The second kappa shape index (κ2) is 6.20. The van der Waals surface area contributed by atoms with Crippen molar-refractivity contribution in [1.29, 1.82) is 0 Å². The Labute approximate surface area is 133 Å². The molecule has 1 aromatic rings. The van der Waals surface area contributed by atoms with E-state index in [9.17, 15) is 19.2 Å². The molecule has 1 heterocycles. The van der Waals surface area contributed by atoms with E-state index in [1.807, 2.05) is 0 Å². The van der Waals surface area contributed by atoms with Crippen molar-refractivity contribution in [3.05, 3.63) is 29.8 Å². The lowest BCUT2D eigenvalue weighted by Gasteiger charge is -2.23. The van der Waals surface area contributed by atoms with Crippen LogP contribution < -0.4 is 4.74 Å². The number of hydrogen-bond acceptors (Lipinski definition) is 5. The molecule has 1 aromatic carbocycles. The fourth-order valence-electron chi connectivity index (χ4n) is 2.84. The molecule has 0 aliphatic carbocycles. The van der Waals surface area contributed by atoms with Crippen molar-refractivity contribution >= 4 is 23.8 Å². The Morgan fingerprint density at radius 2 is 1.48 bits per heavy atom. The van der Waals surface area contributed by atoms with Gasteiger partial charge in [-0.2, -0.15) is 0 Å². The Morgan fingerprint density at radius 3 is 1.91 bits per heavy atom. The summed E-state index contributed by atoms with van der Waals surface area (Å²) >= 11 is 0. The van der Waals surface area contributed by atoms with Crippen molar-refractivity contribution in [1.82, 2.24) is 9.80 Å². The number of esters is 1. The predicted molar refractivity (Wildman–Crippen MR) is 80.4 cm³/mol. The van der Waals surface area contributed by atoms with Crippen molar-refractivity contribution in [2.45, 2.75) is 39.8 Å². The average Bonchev–Trinajstić information content (AvgIpc) is 2.70. The quantitative estimate of drug-likeness (QED) is 0.614. The number of imide groups is 2. The third kappa shape index (κ3) is 3.08. The summed E-state index contributed by atoms with van der Waals surface area (Å²) in [5.41, 5.74) is 0.681. The van der Waals surface area contributed by atoms with Crippen LogP contribution in [0.4, 0.5) is 4.79 Å². The Bertz CT molecular complexity index is 668. The average molecular weight is 318 g/mol. The SMILES string of the molecule is CC(=O)Oc1ccc(C2C(C)N(C(C)=O)C(=O)N2C(C)=O)cc1. The Balaban J connectivity index is 2.38. The highest BCUT2D eigenvalue weighted by atomic mass is 16.5. The number of benzene rings is 1. The van der Waals surface area contributed by atoms with E-state index in [1.165, 1.54) is 20.8 Å². The van der Waals surface area contributed by atoms with E-state index in [1.54, 1.807) is 31.2 Å². The van der Waals surface area contributed by atoms with Gasteiger partial charge in [0.1, 0.15) is 5.75 Å². The van der Waals surface area contributed by atoms with Gasteiger partial charge in [-0.05, 0) is 24.6 Å². The van der Waals surface area contributed by atoms with Crippen LogP contribution in [0.1, 0.15) is 39.3 Å². The molecule has 0 radical (unpaired) electrons. The van der Waals surface area contributed by atoms with Gasteiger partial charge in [-0.25, -0.2) is 4.79 Å². The minimum Gasteiger partial charge on any atom is -0.427 e. The van der Waals surface area contributed by atoms with Crippen LogP contribution in [0.5, 0.6) is 5.75 Å². The van der Waals surface area contributed by atoms with Gasteiger partial charge in [0, 0.05) is 20.8 Å². The van der Waals surface area contributed by atoms with Gasteiger partial charge < -0.3 is 4.74 Å². The van der Waals surface area contributed by atoms with Crippen LogP contribution >= 0.6 is 0 Å². The van der Waals surface area contributed by atoms with Crippen LogP contribution in [-0.4, -0.2) is 39.7 Å². The van der Waals surface area contributed by atoms with Crippen molar-refractivity contribution < 1.29 is 23.9 Å². The lowest BCUT2D eigenvalue weighted by atomic mass is 10.00. The molecule has 2 rings (SSSR count). The van der Waals surface area contributed by atoms with Gasteiger partial charge in [0.25, 0.3) is 0 Å². The maximum Gasteiger partial charge on any atom is 0.334 e. The van der Waals surface area contributed by atoms with Crippen LogP contribution in [0.3, 0.4) is 0 Å². The molecule has 1 fully saturated rings. The van der Waals surface area contributed by atoms with E-state index >= 15 is 0 Å². The molecular formula is C16H18N2O5. The zero-order valence-corrected chi connectivity index (χ0v) is 13.4. The number of carbonyl (C=O) groups excluding carboxylic acids is 4. The number of rotatable bonds is 2. The van der Waals surface area contributed by atoms with Crippen molar-refractivity contribution in [3.63, 3.8) is 0 Å². The normalized spacial score (nSPS) is 20.6. The lowest BCUT2D eigenvalue weighted by molar-refractivity contribution is -0.132. The smallest absolute Gasteiger partial charge is 0.334 e. The molecule has 1 aliphatic rings. The molecule has 0 spiro atoms. The van der Waals surface area contributed by atoms with Crippen LogP contribution in [0.15, 0.2) is 24.3 Å². The summed E-state index contributed by atoms with van der Waals surface area (Å²) in [5, 5.41) is 0. The molecule has 23 heavy (non-hydrogen) atoms. The first-order valence-electron chi connectivity index (χ1n) is 7.16. The summed E-state index contributed by atoms with van der Waals surface area (Å²) in [5.74, 6) is -0.904. The third-order valence-electron chi connectivity index (χ3n) is 3.72. The molecular weight excluding hydrogens is 300 g/mol. The molecule has 1 saturated heterocycles. The number of amides is 4. The van der Waals surface area contributed by atoms with Gasteiger partial charge in [-0.3, -0.25) is 24.2 Å². The maximum atomic E-state index is 12.3. The molecule has 0 N–H and O–H groups in total. The first-order valence-corrected chi connectivity index (χ1v) is 7.16. The molecule has 2 unspecified atom stereocenters. The molecule has 7 nitrogen and oxygen atoms in total. The van der Waals surface area contributed by atoms with Gasteiger partial charge in [0.2, 0.25) is 11.8 Å². The lowest BCUT2D eigenvalue weighted by Crippen LogP contribution is -2.38. The van der Waals surface area contributed by atoms with Crippen LogP contribution in [0, 0.1) is 0 Å². The topological polar surface area (TPSA) is 84.0 Å². The molecule has 7 heteroatoms. The number of carbonyl (C=O) groups is 4. The molecule has 2 atom stereocenters. The molecule has 4 amide bonds. The number of ether oxygens (including phenoxy) is 1. The number of nitrogens with zero attached hydrogens (tertiary/aromatic N) is 2. The summed E-state index contributed by atoms with van der Waals surface area (Å²) in [4.78, 5) is 49.0. The van der Waals surface area contributed by atoms with E-state index in [4.69, 9.17) is 4.74 Å². The van der Waals surface area contributed by atoms with E-state index < -0.39 is 35.9 Å². The van der Waals surface area contributed by atoms with Crippen molar-refractivity contribution in [2.75, 3.05) is 0 Å². The molecule has 122 valence electrons. The van der Waals surface area contributed by atoms with Crippen molar-refractivity contribution in [3.8, 4) is 5.75 Å². The summed E-state index contributed by atoms with van der Waals surface area (Å²) in [7, 11) is 0. The third-order valence-corrected chi connectivity index (χ3v) is 3.72. The first-order chi connectivity index (χ1) is 10.7. The Kier molecular flexibility index (Phi) is 4.49. The summed E-state index contributed by atoms with van der Waals surface area (Å²) in [6.07, 6.45) is 0. The fourth-order valence-corrected chi connectivity index (χ4v) is 2.84. The highest BCUT2D eigenvalue weighted by Gasteiger charge is 2.47. The number of urea groups is 1. The van der Waals surface area contributed by atoms with Crippen molar-refractivity contribution in [2.24, 2.45) is 0 Å². The molecule has 1 aliphatic heterocycles. The van der Waals surface area contributed by atoms with E-state index in [2.05, 4.69) is 0 Å². The van der Waals surface area contributed by atoms with Gasteiger partial charge >= 0.3 is 12.0 Å². The maximum absolute atomic E-state index is 12.3. The first kappa shape index (κ1) is 16.7. The predicted octanol–water partition coefficient (Wildman–Crippen LogP) is 1.87. The van der Waals surface area contributed by atoms with E-state index in [-0.39, 0.29) is 0 Å². The summed E-state index contributed by atoms with van der Waals surface area (Å²) in [6, 6.07) is 4.84. The molecule has 0 bridgehead atoms. The standard InChI is InChI=1S/C16H18N2O5/c1-9-15(13-5-7-14(8-6-13)23-12(4)21)18(11(3)20)16(22)17(9)10(2)19/h5-9,15H,1-4H3. The molecule has 0 saturated carbocycles. The molecule has 0 aromatic heterocycles. The van der Waals surface area contributed by atoms with E-state index in [0.29, 0.717) is 11.3 Å². The second-order valence-corrected chi connectivity index (χ2v) is 5.41. The summed E-state index contributed by atoms with van der Waals surface area (Å²) in [6.45, 7) is 5.59. The Hall–Kier alpha value is -2.70. The highest BCUT2D eigenvalue weighted by molar-refractivity contribution is 6.03.